The summed E-state index contributed by atoms with van der Waals surface area (Å²) in [6, 6.07) is 22.7. The maximum Gasteiger partial charge on any atom is 0.255 e. The van der Waals surface area contributed by atoms with E-state index in [9.17, 15) is 9.90 Å². The highest BCUT2D eigenvalue weighted by molar-refractivity contribution is 5.68. The number of hydrogen-bond donors (Lipinski definition) is 1. The molecule has 1 aliphatic heterocycles. The van der Waals surface area contributed by atoms with E-state index in [1.165, 1.54) is 0 Å². The fourth-order valence-electron chi connectivity index (χ4n) is 3.84. The van der Waals surface area contributed by atoms with E-state index in [1.807, 2.05) is 71.6 Å². The van der Waals surface area contributed by atoms with Gasteiger partial charge in [-0.1, -0.05) is 48.5 Å². The fourth-order valence-corrected chi connectivity index (χ4v) is 3.84. The third-order valence-electron chi connectivity index (χ3n) is 5.36. The van der Waals surface area contributed by atoms with Crippen LogP contribution >= 0.6 is 0 Å². The zero-order chi connectivity index (χ0) is 20.5. The van der Waals surface area contributed by atoms with E-state index >= 15 is 0 Å². The molecular weight excluding hydrogens is 376 g/mol. The Balaban J connectivity index is 1.63. The van der Waals surface area contributed by atoms with Crippen molar-refractivity contribution in [3.8, 4) is 11.3 Å². The Morgan fingerprint density at radius 2 is 1.70 bits per heavy atom. The Hall–Kier alpha value is -3.77. The Morgan fingerprint density at radius 3 is 2.50 bits per heavy atom. The molecule has 0 fully saturated rings. The highest BCUT2D eigenvalue weighted by atomic mass is 16.3. The maximum atomic E-state index is 13.0. The molecule has 0 aliphatic carbocycles. The number of hydrogen-bond acceptors (Lipinski definition) is 5. The van der Waals surface area contributed by atoms with Gasteiger partial charge in [-0.3, -0.25) is 14.3 Å². The standard InChI is InChI=1S/C24H20N4O2/c29-22(18-6-2-1-3-7-18)16-27-21-9-5-4-8-19(21)15-28-23(30)14-20(26-24(27)28)17-10-12-25-13-11-17/h1-14,22,29H,15-16H2/t22-/m1/s1. The lowest BCUT2D eigenvalue weighted by atomic mass is 10.1. The van der Waals surface area contributed by atoms with Gasteiger partial charge in [-0.25, -0.2) is 4.98 Å². The van der Waals surface area contributed by atoms with Gasteiger partial charge in [0.25, 0.3) is 5.56 Å². The van der Waals surface area contributed by atoms with E-state index < -0.39 is 6.10 Å². The molecule has 5 rings (SSSR count). The zero-order valence-electron chi connectivity index (χ0n) is 16.2. The molecule has 0 saturated carbocycles. The van der Waals surface area contributed by atoms with Gasteiger partial charge in [0.1, 0.15) is 0 Å². The minimum Gasteiger partial charge on any atom is -0.387 e. The number of anilines is 2. The monoisotopic (exact) mass is 396 g/mol. The van der Waals surface area contributed by atoms with Gasteiger partial charge >= 0.3 is 0 Å². The minimum absolute atomic E-state index is 0.125. The van der Waals surface area contributed by atoms with Crippen LogP contribution in [0.15, 0.2) is 90.0 Å². The predicted molar refractivity (Wildman–Crippen MR) is 116 cm³/mol. The SMILES string of the molecule is O=c1cc(-c2ccncc2)nc2n1Cc1ccccc1N2C[C@@H](O)c1ccccc1. The van der Waals surface area contributed by atoms with Crippen molar-refractivity contribution in [1.29, 1.82) is 0 Å². The van der Waals surface area contributed by atoms with Crippen molar-refractivity contribution in [3.63, 3.8) is 0 Å². The van der Waals surface area contributed by atoms with Gasteiger partial charge in [-0.15, -0.1) is 0 Å². The Morgan fingerprint density at radius 1 is 0.967 bits per heavy atom. The van der Waals surface area contributed by atoms with Gasteiger partial charge in [0.05, 0.1) is 24.9 Å². The Labute approximate surface area is 173 Å². The van der Waals surface area contributed by atoms with E-state index in [0.717, 1.165) is 22.4 Å². The first-order valence-corrected chi connectivity index (χ1v) is 9.81. The van der Waals surface area contributed by atoms with Crippen molar-refractivity contribution >= 4 is 11.6 Å². The normalized spacial score (nSPS) is 13.4. The summed E-state index contributed by atoms with van der Waals surface area (Å²) in [6.07, 6.45) is 2.63. The zero-order valence-corrected chi connectivity index (χ0v) is 16.2. The average Bonchev–Trinajstić information content (AvgIpc) is 2.80. The van der Waals surface area contributed by atoms with Crippen molar-refractivity contribution in [3.05, 3.63) is 107 Å². The summed E-state index contributed by atoms with van der Waals surface area (Å²) in [5, 5.41) is 10.9. The number of rotatable bonds is 4. The molecule has 6 heteroatoms. The Bertz CT molecular complexity index is 1240. The number of aliphatic hydroxyl groups is 1. The number of pyridine rings is 1. The molecule has 1 aliphatic rings. The first kappa shape index (κ1) is 18.3. The van der Waals surface area contributed by atoms with E-state index in [0.29, 0.717) is 18.2 Å². The second kappa shape index (κ2) is 7.57. The lowest BCUT2D eigenvalue weighted by molar-refractivity contribution is 0.185. The van der Waals surface area contributed by atoms with Crippen LogP contribution in [0.5, 0.6) is 0 Å². The molecule has 3 heterocycles. The summed E-state index contributed by atoms with van der Waals surface area (Å²) >= 11 is 0. The average molecular weight is 396 g/mol. The first-order valence-electron chi connectivity index (χ1n) is 9.81. The van der Waals surface area contributed by atoms with Gasteiger partial charge < -0.3 is 10.0 Å². The molecular formula is C24H20N4O2. The topological polar surface area (TPSA) is 71.2 Å². The van der Waals surface area contributed by atoms with Crippen LogP contribution in [-0.2, 0) is 6.54 Å². The summed E-state index contributed by atoms with van der Waals surface area (Å²) in [6.45, 7) is 0.735. The molecule has 6 nitrogen and oxygen atoms in total. The molecule has 1 atom stereocenters. The molecule has 30 heavy (non-hydrogen) atoms. The van der Waals surface area contributed by atoms with Crippen LogP contribution in [0.3, 0.4) is 0 Å². The molecule has 0 spiro atoms. The number of fused-ring (bicyclic) bond motifs is 2. The molecule has 0 saturated heterocycles. The van der Waals surface area contributed by atoms with Gasteiger partial charge in [0, 0.05) is 29.7 Å². The minimum atomic E-state index is -0.729. The van der Waals surface area contributed by atoms with E-state index in [-0.39, 0.29) is 12.1 Å². The Kier molecular flexibility index (Phi) is 4.61. The van der Waals surface area contributed by atoms with Crippen LogP contribution in [-0.4, -0.2) is 26.2 Å². The summed E-state index contributed by atoms with van der Waals surface area (Å²) < 4.78 is 1.66. The number of para-hydroxylation sites is 1. The molecule has 0 radical (unpaired) electrons. The highest BCUT2D eigenvalue weighted by Gasteiger charge is 2.27. The smallest absolute Gasteiger partial charge is 0.255 e. The number of aromatic nitrogens is 3. The second-order valence-electron chi connectivity index (χ2n) is 7.27. The maximum absolute atomic E-state index is 13.0. The molecule has 0 amide bonds. The van der Waals surface area contributed by atoms with Crippen molar-refractivity contribution in [2.45, 2.75) is 12.6 Å². The largest absolute Gasteiger partial charge is 0.387 e. The predicted octanol–water partition coefficient (Wildman–Crippen LogP) is 3.54. The van der Waals surface area contributed by atoms with Crippen LogP contribution in [0.1, 0.15) is 17.2 Å². The van der Waals surface area contributed by atoms with Gasteiger partial charge in [-0.05, 0) is 29.3 Å². The quantitative estimate of drug-likeness (QED) is 0.571. The molecule has 4 aromatic rings. The number of nitrogens with zero attached hydrogens (tertiary/aromatic N) is 4. The number of aliphatic hydroxyl groups excluding tert-OH is 1. The van der Waals surface area contributed by atoms with Crippen LogP contribution < -0.4 is 10.5 Å². The second-order valence-corrected chi connectivity index (χ2v) is 7.27. The molecule has 2 aromatic heterocycles. The van der Waals surface area contributed by atoms with E-state index in [2.05, 4.69) is 4.98 Å². The molecule has 1 N–H and O–H groups in total. The van der Waals surface area contributed by atoms with Crippen LogP contribution in [0, 0.1) is 0 Å². The third kappa shape index (κ3) is 3.27. The van der Waals surface area contributed by atoms with Crippen LogP contribution in [0.25, 0.3) is 11.3 Å². The molecule has 0 bridgehead atoms. The lowest BCUT2D eigenvalue weighted by Crippen LogP contribution is -2.37. The van der Waals surface area contributed by atoms with E-state index in [1.54, 1.807) is 23.0 Å². The van der Waals surface area contributed by atoms with Gasteiger partial charge in [0.2, 0.25) is 5.95 Å². The summed E-state index contributed by atoms with van der Waals surface area (Å²) in [7, 11) is 0. The van der Waals surface area contributed by atoms with Gasteiger partial charge in [0.15, 0.2) is 0 Å². The summed E-state index contributed by atoms with van der Waals surface area (Å²) in [5.41, 5.74) is 4.08. The third-order valence-corrected chi connectivity index (χ3v) is 5.36. The fraction of sp³-hybridized carbons (Fsp3) is 0.125. The van der Waals surface area contributed by atoms with Crippen molar-refractivity contribution < 1.29 is 5.11 Å². The first-order chi connectivity index (χ1) is 14.7. The highest BCUT2D eigenvalue weighted by Crippen LogP contribution is 2.35. The van der Waals surface area contributed by atoms with Crippen molar-refractivity contribution in [2.24, 2.45) is 0 Å². The van der Waals surface area contributed by atoms with Crippen LogP contribution in [0.2, 0.25) is 0 Å². The molecule has 148 valence electrons. The molecule has 0 unspecified atom stereocenters. The number of benzene rings is 2. The van der Waals surface area contributed by atoms with E-state index in [4.69, 9.17) is 4.98 Å². The van der Waals surface area contributed by atoms with Gasteiger partial charge in [-0.2, -0.15) is 0 Å². The van der Waals surface area contributed by atoms with Crippen molar-refractivity contribution in [2.75, 3.05) is 11.4 Å². The van der Waals surface area contributed by atoms with Crippen molar-refractivity contribution in [1.82, 2.24) is 14.5 Å². The molecule has 2 aromatic carbocycles. The summed E-state index contributed by atoms with van der Waals surface area (Å²) in [4.78, 5) is 23.8. The lowest BCUT2D eigenvalue weighted by Gasteiger charge is -2.34. The number of β-amino-alcohol motifs (C(OH)–C–C–N with tert-alkyl or cyclic N) is 1. The van der Waals surface area contributed by atoms with Crippen LogP contribution in [0.4, 0.5) is 11.6 Å². The summed E-state index contributed by atoms with van der Waals surface area (Å²) in [5.74, 6) is 0.531.